The molecule has 1 N–H and O–H groups in total. The van der Waals surface area contributed by atoms with Crippen molar-refractivity contribution in [3.8, 4) is 0 Å². The van der Waals surface area contributed by atoms with Gasteiger partial charge in [0.05, 0.1) is 5.69 Å². The average Bonchev–Trinajstić information content (AvgIpc) is 2.82. The molecule has 1 aliphatic rings. The summed E-state index contributed by atoms with van der Waals surface area (Å²) in [6.45, 7) is 10.9. The minimum absolute atomic E-state index is 0.651. The van der Waals surface area contributed by atoms with E-state index in [1.165, 1.54) is 17.1 Å². The Morgan fingerprint density at radius 3 is 3.05 bits per heavy atom. The number of nitrogens with one attached hydrogen (secondary N) is 1. The number of thiazole rings is 1. The fourth-order valence-corrected chi connectivity index (χ4v) is 3.13. The molecule has 1 fully saturated rings. The van der Waals surface area contributed by atoms with Crippen molar-refractivity contribution in [3.05, 3.63) is 16.1 Å². The number of piperazine rings is 1. The molecule has 0 amide bonds. The van der Waals surface area contributed by atoms with Crippen molar-refractivity contribution >= 4 is 11.3 Å². The number of likely N-dealkylation sites (N-methyl/N-ethyl adjacent to an activating group) is 1. The van der Waals surface area contributed by atoms with Crippen LogP contribution in [0.25, 0.3) is 0 Å². The molecular weight excluding hydrogens is 256 g/mol. The maximum Gasteiger partial charge on any atom is 0.107 e. The average molecular weight is 282 g/mol. The molecule has 0 saturated carbocycles. The van der Waals surface area contributed by atoms with Crippen molar-refractivity contribution in [2.75, 3.05) is 33.2 Å². The van der Waals surface area contributed by atoms with Crippen LogP contribution in [0.4, 0.5) is 0 Å². The highest BCUT2D eigenvalue weighted by Gasteiger charge is 2.21. The van der Waals surface area contributed by atoms with Gasteiger partial charge in [-0.3, -0.25) is 4.90 Å². The van der Waals surface area contributed by atoms with Crippen molar-refractivity contribution < 1.29 is 0 Å². The summed E-state index contributed by atoms with van der Waals surface area (Å²) in [5, 5.41) is 6.84. The third-order valence-electron chi connectivity index (χ3n) is 3.73. The molecule has 0 aromatic carbocycles. The quantitative estimate of drug-likeness (QED) is 0.806. The van der Waals surface area contributed by atoms with E-state index < -0.39 is 0 Å². The van der Waals surface area contributed by atoms with Gasteiger partial charge in [0.15, 0.2) is 0 Å². The second kappa shape index (κ2) is 7.33. The Morgan fingerprint density at radius 2 is 2.32 bits per heavy atom. The Labute approximate surface area is 120 Å². The summed E-state index contributed by atoms with van der Waals surface area (Å²) in [6, 6.07) is 0.651. The predicted molar refractivity (Wildman–Crippen MR) is 81.5 cm³/mol. The maximum absolute atomic E-state index is 4.72. The first-order valence-electron chi connectivity index (χ1n) is 7.25. The fourth-order valence-electron chi connectivity index (χ4n) is 2.37. The molecule has 0 aliphatic carbocycles. The molecule has 1 unspecified atom stereocenters. The largest absolute Gasteiger partial charge is 0.310 e. The molecular formula is C14H26N4S. The summed E-state index contributed by atoms with van der Waals surface area (Å²) in [5.74, 6) is 0. The molecule has 5 heteroatoms. The van der Waals surface area contributed by atoms with Crippen LogP contribution in [0.1, 0.15) is 31.0 Å². The molecule has 1 atom stereocenters. The first-order chi connectivity index (χ1) is 9.19. The van der Waals surface area contributed by atoms with Gasteiger partial charge in [0.25, 0.3) is 0 Å². The van der Waals surface area contributed by atoms with Gasteiger partial charge in [0.1, 0.15) is 5.01 Å². The van der Waals surface area contributed by atoms with Crippen LogP contribution >= 0.6 is 11.3 Å². The molecule has 0 spiro atoms. The van der Waals surface area contributed by atoms with E-state index in [0.717, 1.165) is 39.3 Å². The lowest BCUT2D eigenvalue weighted by Gasteiger charge is -2.37. The van der Waals surface area contributed by atoms with Crippen molar-refractivity contribution in [1.82, 2.24) is 20.1 Å². The van der Waals surface area contributed by atoms with Crippen LogP contribution in [0.15, 0.2) is 5.38 Å². The van der Waals surface area contributed by atoms with E-state index in [2.05, 4.69) is 41.4 Å². The number of aromatic nitrogens is 1. The van der Waals surface area contributed by atoms with Crippen LogP contribution in [0.2, 0.25) is 0 Å². The van der Waals surface area contributed by atoms with Gasteiger partial charge in [0.2, 0.25) is 0 Å². The normalized spacial score (nSPS) is 21.9. The van der Waals surface area contributed by atoms with E-state index >= 15 is 0 Å². The molecule has 19 heavy (non-hydrogen) atoms. The number of nitrogens with zero attached hydrogens (tertiary/aromatic N) is 3. The summed E-state index contributed by atoms with van der Waals surface area (Å²) < 4.78 is 0. The lowest BCUT2D eigenvalue weighted by atomic mass is 10.2. The lowest BCUT2D eigenvalue weighted by Crippen LogP contribution is -2.49. The van der Waals surface area contributed by atoms with Gasteiger partial charge >= 0.3 is 0 Å². The third kappa shape index (κ3) is 4.53. The van der Waals surface area contributed by atoms with Crippen molar-refractivity contribution in [1.29, 1.82) is 0 Å². The van der Waals surface area contributed by atoms with E-state index in [-0.39, 0.29) is 0 Å². The number of hydrogen-bond donors (Lipinski definition) is 1. The van der Waals surface area contributed by atoms with Crippen LogP contribution in [0.5, 0.6) is 0 Å². The highest BCUT2D eigenvalue weighted by Crippen LogP contribution is 2.14. The zero-order valence-corrected chi connectivity index (χ0v) is 13.2. The van der Waals surface area contributed by atoms with Gasteiger partial charge in [-0.1, -0.05) is 6.92 Å². The number of rotatable bonds is 6. The van der Waals surface area contributed by atoms with E-state index in [0.29, 0.717) is 6.04 Å². The lowest BCUT2D eigenvalue weighted by molar-refractivity contribution is 0.0992. The topological polar surface area (TPSA) is 31.4 Å². The second-order valence-electron chi connectivity index (χ2n) is 5.47. The standard InChI is InChI=1S/C14H26N4S/c1-4-5-15-8-14-16-13(11-19-14)10-18-7-6-17(3)12(2)9-18/h11-12,15H,4-10H2,1-3H3. The summed E-state index contributed by atoms with van der Waals surface area (Å²) in [4.78, 5) is 9.67. The first-order valence-corrected chi connectivity index (χ1v) is 8.13. The Balaban J connectivity index is 1.79. The molecule has 1 saturated heterocycles. The van der Waals surface area contributed by atoms with Crippen LogP contribution in [-0.2, 0) is 13.1 Å². The van der Waals surface area contributed by atoms with Crippen molar-refractivity contribution in [2.45, 2.75) is 39.4 Å². The van der Waals surface area contributed by atoms with Gasteiger partial charge in [-0.2, -0.15) is 0 Å². The Bertz CT molecular complexity index is 379. The smallest absolute Gasteiger partial charge is 0.107 e. The Hall–Kier alpha value is -0.490. The minimum atomic E-state index is 0.651. The van der Waals surface area contributed by atoms with E-state index in [9.17, 15) is 0 Å². The SMILES string of the molecule is CCCNCc1nc(CN2CCN(C)C(C)C2)cs1. The highest BCUT2D eigenvalue weighted by atomic mass is 32.1. The van der Waals surface area contributed by atoms with Gasteiger partial charge in [0, 0.05) is 44.1 Å². The van der Waals surface area contributed by atoms with E-state index in [1.807, 2.05) is 0 Å². The first kappa shape index (κ1) is 14.9. The molecule has 1 aromatic rings. The molecule has 0 bridgehead atoms. The molecule has 2 heterocycles. The third-order valence-corrected chi connectivity index (χ3v) is 4.63. The van der Waals surface area contributed by atoms with Crippen molar-refractivity contribution in [3.63, 3.8) is 0 Å². The van der Waals surface area contributed by atoms with Crippen LogP contribution in [-0.4, -0.2) is 54.1 Å². The predicted octanol–water partition coefficient (Wildman–Crippen LogP) is 1.78. The number of hydrogen-bond acceptors (Lipinski definition) is 5. The van der Waals surface area contributed by atoms with Crippen LogP contribution in [0.3, 0.4) is 0 Å². The van der Waals surface area contributed by atoms with Gasteiger partial charge < -0.3 is 10.2 Å². The highest BCUT2D eigenvalue weighted by molar-refractivity contribution is 7.09. The molecule has 1 aromatic heterocycles. The summed E-state index contributed by atoms with van der Waals surface area (Å²) >= 11 is 1.78. The van der Waals surface area contributed by atoms with Crippen LogP contribution < -0.4 is 5.32 Å². The Kier molecular flexibility index (Phi) is 5.76. The van der Waals surface area contributed by atoms with Crippen molar-refractivity contribution in [2.24, 2.45) is 0 Å². The van der Waals surface area contributed by atoms with Gasteiger partial charge in [-0.05, 0) is 26.9 Å². The zero-order valence-electron chi connectivity index (χ0n) is 12.4. The zero-order chi connectivity index (χ0) is 13.7. The molecule has 1 aliphatic heterocycles. The van der Waals surface area contributed by atoms with Gasteiger partial charge in [-0.15, -0.1) is 11.3 Å². The fraction of sp³-hybridized carbons (Fsp3) is 0.786. The summed E-state index contributed by atoms with van der Waals surface area (Å²) in [7, 11) is 2.21. The van der Waals surface area contributed by atoms with Crippen LogP contribution in [0, 0.1) is 0 Å². The minimum Gasteiger partial charge on any atom is -0.310 e. The van der Waals surface area contributed by atoms with E-state index in [1.54, 1.807) is 11.3 Å². The molecule has 4 nitrogen and oxygen atoms in total. The van der Waals surface area contributed by atoms with Gasteiger partial charge in [-0.25, -0.2) is 4.98 Å². The molecule has 108 valence electrons. The molecule has 2 rings (SSSR count). The Morgan fingerprint density at radius 1 is 1.47 bits per heavy atom. The summed E-state index contributed by atoms with van der Waals surface area (Å²) in [5.41, 5.74) is 1.23. The summed E-state index contributed by atoms with van der Waals surface area (Å²) in [6.07, 6.45) is 1.18. The molecule has 0 radical (unpaired) electrons. The second-order valence-corrected chi connectivity index (χ2v) is 6.42. The van der Waals surface area contributed by atoms with E-state index in [4.69, 9.17) is 4.98 Å². The maximum atomic E-state index is 4.72. The monoisotopic (exact) mass is 282 g/mol.